The third-order valence-electron chi connectivity index (χ3n) is 8.04. The lowest BCUT2D eigenvalue weighted by molar-refractivity contribution is -0.294. The van der Waals surface area contributed by atoms with Gasteiger partial charge in [0.2, 0.25) is 12.6 Å². The summed E-state index contributed by atoms with van der Waals surface area (Å²) < 4.78 is 34.0. The summed E-state index contributed by atoms with van der Waals surface area (Å²) in [6.07, 6.45) is -17.7. The first-order valence-corrected chi connectivity index (χ1v) is 15.0. The first-order valence-electron chi connectivity index (χ1n) is 15.0. The van der Waals surface area contributed by atoms with E-state index in [1.165, 1.54) is 36.4 Å². The van der Waals surface area contributed by atoms with Gasteiger partial charge < -0.3 is 79.5 Å². The summed E-state index contributed by atoms with van der Waals surface area (Å²) in [5.41, 5.74) is 0.443. The van der Waals surface area contributed by atoms with Gasteiger partial charge >= 0.3 is 11.9 Å². The van der Waals surface area contributed by atoms with E-state index in [4.69, 9.17) is 33.5 Å². The Bertz CT molecular complexity index is 1510. The number of hydrogen-bond donors (Lipinski definition) is 10. The lowest BCUT2D eigenvalue weighted by atomic mass is 9.98. The molecule has 2 aromatic rings. The summed E-state index contributed by atoms with van der Waals surface area (Å²) in [4.78, 5) is 22.7. The van der Waals surface area contributed by atoms with Crippen LogP contribution in [0.2, 0.25) is 0 Å². The number of esters is 1. The molecule has 3 heterocycles. The Labute approximate surface area is 277 Å². The largest absolute Gasteiger partial charge is 0.508 e. The van der Waals surface area contributed by atoms with E-state index in [1.54, 1.807) is 0 Å². The fourth-order valence-corrected chi connectivity index (χ4v) is 5.34. The van der Waals surface area contributed by atoms with Crippen LogP contribution in [0.4, 0.5) is 0 Å². The molecule has 0 radical (unpaired) electrons. The van der Waals surface area contributed by atoms with Gasteiger partial charge in [-0.3, -0.25) is 9.59 Å². The molecule has 2 aromatic carbocycles. The molecule has 49 heavy (non-hydrogen) atoms. The van der Waals surface area contributed by atoms with Gasteiger partial charge in [-0.2, -0.15) is 0 Å². The van der Waals surface area contributed by atoms with Gasteiger partial charge in [0.05, 0.1) is 25.0 Å². The number of hydrogen-bond acceptors (Lipinski definition) is 17. The summed E-state index contributed by atoms with van der Waals surface area (Å²) in [7, 11) is 0. The maximum Gasteiger partial charge on any atom is 0.306 e. The Morgan fingerprint density at radius 1 is 0.735 bits per heavy atom. The van der Waals surface area contributed by atoms with Crippen molar-refractivity contribution in [3.05, 3.63) is 53.3 Å². The van der Waals surface area contributed by atoms with Crippen LogP contribution < -0.4 is 9.47 Å². The quantitative estimate of drug-likeness (QED) is 0.113. The van der Waals surface area contributed by atoms with Crippen molar-refractivity contribution in [2.45, 2.75) is 80.4 Å². The number of fused-ring (bicyclic) bond motifs is 1. The highest BCUT2D eigenvalue weighted by atomic mass is 16.7. The highest BCUT2D eigenvalue weighted by molar-refractivity contribution is 5.76. The van der Waals surface area contributed by atoms with Gasteiger partial charge in [-0.15, -0.1) is 0 Å². The van der Waals surface area contributed by atoms with Crippen molar-refractivity contribution in [3.63, 3.8) is 0 Å². The Balaban J connectivity index is 1.45. The van der Waals surface area contributed by atoms with Crippen LogP contribution in [0.5, 0.6) is 23.0 Å². The number of aliphatic hydroxyl groups is 7. The van der Waals surface area contributed by atoms with Gasteiger partial charge in [-0.05, 0) is 18.2 Å². The number of carboxylic acids is 1. The number of benzene rings is 2. The molecule has 0 aromatic heterocycles. The third-order valence-corrected chi connectivity index (χ3v) is 8.04. The van der Waals surface area contributed by atoms with Gasteiger partial charge in [-0.1, -0.05) is 12.1 Å². The van der Waals surface area contributed by atoms with E-state index in [2.05, 4.69) is 0 Å². The Hall–Kier alpha value is -4.24. The number of phenols is 2. The Morgan fingerprint density at radius 2 is 1.35 bits per heavy atom. The van der Waals surface area contributed by atoms with E-state index >= 15 is 0 Å². The van der Waals surface area contributed by atoms with E-state index in [9.17, 15) is 55.5 Å². The highest BCUT2D eigenvalue weighted by Crippen LogP contribution is 2.45. The maximum atomic E-state index is 12.0. The zero-order chi connectivity index (χ0) is 35.6. The Kier molecular flexibility index (Phi) is 11.1. The topological polar surface area (TPSA) is 292 Å². The van der Waals surface area contributed by atoms with Crippen molar-refractivity contribution in [3.8, 4) is 23.0 Å². The molecule has 0 bridgehead atoms. The van der Waals surface area contributed by atoms with E-state index in [1.807, 2.05) is 0 Å². The van der Waals surface area contributed by atoms with Crippen molar-refractivity contribution in [2.75, 3.05) is 13.2 Å². The van der Waals surface area contributed by atoms with Crippen LogP contribution in [0.15, 0.2) is 42.2 Å². The summed E-state index contributed by atoms with van der Waals surface area (Å²) in [6, 6.07) is 7.99. The SMILES string of the molecule is O=C(O)CCC(=O)OC[C@H]1O[C@@H](OC2=Cc3c(cc(O)cc3O[C@@H]3O[C@@H](CO)[C@@H](O)[C@H](O)[C@H]3O)OC2c2ccc(O)cc2)[C@H](O)[C@@H](O)[C@@H]1O. The van der Waals surface area contributed by atoms with Crippen LogP contribution in [-0.4, -0.2) is 138 Å². The molecule has 3 aliphatic heterocycles. The second kappa shape index (κ2) is 15.1. The minimum absolute atomic E-state index is 0.00302. The van der Waals surface area contributed by atoms with Crippen LogP contribution in [0, 0.1) is 0 Å². The maximum absolute atomic E-state index is 12.0. The van der Waals surface area contributed by atoms with Gasteiger partial charge in [-0.25, -0.2) is 0 Å². The zero-order valence-corrected chi connectivity index (χ0v) is 25.5. The van der Waals surface area contributed by atoms with Gasteiger partial charge in [0.1, 0.15) is 84.2 Å². The molecule has 0 amide bonds. The predicted molar refractivity (Wildman–Crippen MR) is 158 cm³/mol. The summed E-state index contributed by atoms with van der Waals surface area (Å²) in [5, 5.41) is 101. The van der Waals surface area contributed by atoms with Crippen molar-refractivity contribution in [2.24, 2.45) is 0 Å². The summed E-state index contributed by atoms with van der Waals surface area (Å²) in [5.74, 6) is -2.92. The van der Waals surface area contributed by atoms with Crippen LogP contribution in [0.1, 0.15) is 30.1 Å². The molecule has 5 rings (SSSR count). The fraction of sp³-hybridized carbons (Fsp3) is 0.484. The number of aliphatic hydroxyl groups excluding tert-OH is 7. The minimum Gasteiger partial charge on any atom is -0.508 e. The van der Waals surface area contributed by atoms with Crippen LogP contribution in [0.25, 0.3) is 6.08 Å². The van der Waals surface area contributed by atoms with E-state index in [0.29, 0.717) is 5.56 Å². The predicted octanol–water partition coefficient (Wildman–Crippen LogP) is -2.02. The van der Waals surface area contributed by atoms with E-state index in [-0.39, 0.29) is 34.3 Å². The second-order valence-electron chi connectivity index (χ2n) is 11.5. The molecule has 2 fully saturated rings. The van der Waals surface area contributed by atoms with Crippen LogP contribution >= 0.6 is 0 Å². The molecule has 0 spiro atoms. The summed E-state index contributed by atoms with van der Waals surface area (Å²) in [6.45, 7) is -1.37. The van der Waals surface area contributed by atoms with Gasteiger partial charge in [0, 0.05) is 17.7 Å². The van der Waals surface area contributed by atoms with Crippen LogP contribution in [-0.2, 0) is 28.5 Å². The molecule has 18 nitrogen and oxygen atoms in total. The number of rotatable bonds is 11. The molecule has 11 atom stereocenters. The second-order valence-corrected chi connectivity index (χ2v) is 11.5. The van der Waals surface area contributed by atoms with Crippen molar-refractivity contribution < 1.29 is 89.1 Å². The zero-order valence-electron chi connectivity index (χ0n) is 25.5. The number of carboxylic acid groups (broad SMARTS) is 1. The molecular formula is C31H36O18. The molecule has 2 saturated heterocycles. The minimum atomic E-state index is -1.87. The molecule has 3 aliphatic rings. The number of aromatic hydroxyl groups is 2. The number of phenolic OH excluding ortho intramolecular Hbond substituents is 2. The highest BCUT2D eigenvalue weighted by Gasteiger charge is 2.47. The van der Waals surface area contributed by atoms with Crippen LogP contribution in [0.3, 0.4) is 0 Å². The third kappa shape index (κ3) is 7.99. The molecule has 10 N–H and O–H groups in total. The lowest BCUT2D eigenvalue weighted by Gasteiger charge is -2.41. The van der Waals surface area contributed by atoms with Gasteiger partial charge in [0.25, 0.3) is 0 Å². The molecule has 1 unspecified atom stereocenters. The standard InChI is InChI=1S/C31H36O18/c32-10-19-23(38)25(40)27(42)30(48-19)46-17-8-14(34)7-16-15(17)9-18(29(45-16)12-1-3-13(33)4-2-12)47-31-28(43)26(41)24(39)20(49-31)11-44-22(37)6-5-21(35)36/h1-4,7-9,19-20,23-34,38-43H,5-6,10-11H2,(H,35,36)/t19-,20+,23+,24+,25-,26-,27+,28+,29?,30+,31+/m0/s1. The average Bonchev–Trinajstić information content (AvgIpc) is 3.07. The molecule has 268 valence electrons. The average molecular weight is 697 g/mol. The summed E-state index contributed by atoms with van der Waals surface area (Å²) >= 11 is 0. The molecule has 0 saturated carbocycles. The van der Waals surface area contributed by atoms with Crippen molar-refractivity contribution in [1.29, 1.82) is 0 Å². The normalized spacial score (nSPS) is 32.6. The van der Waals surface area contributed by atoms with Gasteiger partial charge in [0.15, 0.2) is 6.10 Å². The van der Waals surface area contributed by atoms with Crippen molar-refractivity contribution in [1.82, 2.24) is 0 Å². The fourth-order valence-electron chi connectivity index (χ4n) is 5.34. The smallest absolute Gasteiger partial charge is 0.306 e. The molecule has 18 heteroatoms. The molecule has 0 aliphatic carbocycles. The van der Waals surface area contributed by atoms with Crippen molar-refractivity contribution >= 4 is 18.0 Å². The number of ether oxygens (including phenoxy) is 6. The first-order chi connectivity index (χ1) is 23.3. The Morgan fingerprint density at radius 3 is 1.98 bits per heavy atom. The number of carbonyl (C=O) groups is 2. The monoisotopic (exact) mass is 696 g/mol. The number of carbonyl (C=O) groups excluding carboxylic acids is 1. The first kappa shape index (κ1) is 36.1. The lowest BCUT2D eigenvalue weighted by Crippen LogP contribution is -2.60. The van der Waals surface area contributed by atoms with E-state index in [0.717, 1.165) is 6.07 Å². The number of aliphatic carboxylic acids is 1. The van der Waals surface area contributed by atoms with E-state index < -0.39 is 106 Å². The molecular weight excluding hydrogens is 660 g/mol.